The fraction of sp³-hybridized carbons (Fsp3) is 0.200. The number of anilines is 2. The zero-order chi connectivity index (χ0) is 15.8. The highest BCUT2D eigenvalue weighted by molar-refractivity contribution is 9.10. The molecule has 4 nitrogen and oxygen atoms in total. The van der Waals surface area contributed by atoms with Crippen LogP contribution in [-0.4, -0.2) is 15.5 Å². The molecule has 0 aromatic heterocycles. The number of hydrogen-bond acceptors (Lipinski definition) is 3. The van der Waals surface area contributed by atoms with Crippen molar-refractivity contribution in [1.82, 2.24) is 0 Å². The van der Waals surface area contributed by atoms with Crippen molar-refractivity contribution in [3.8, 4) is 0 Å². The van der Waals surface area contributed by atoms with Crippen LogP contribution in [0.2, 0.25) is 0 Å². The van der Waals surface area contributed by atoms with E-state index in [0.29, 0.717) is 15.8 Å². The van der Waals surface area contributed by atoms with Gasteiger partial charge in [0.05, 0.1) is 10.6 Å². The SMILES string of the molecule is Cc1ccc(N(C)S(=O)(=O)c2ccc(Br)c(N)c2)c(C)c1. The third-order valence-corrected chi connectivity index (χ3v) is 5.81. The van der Waals surface area contributed by atoms with Crippen molar-refractivity contribution in [2.45, 2.75) is 18.7 Å². The lowest BCUT2D eigenvalue weighted by Crippen LogP contribution is -2.27. The molecule has 0 saturated heterocycles. The van der Waals surface area contributed by atoms with E-state index >= 15 is 0 Å². The molecule has 0 aliphatic carbocycles. The summed E-state index contributed by atoms with van der Waals surface area (Å²) in [7, 11) is -2.09. The first-order valence-corrected chi connectivity index (χ1v) is 8.58. The van der Waals surface area contributed by atoms with E-state index in [0.717, 1.165) is 11.1 Å². The maximum atomic E-state index is 12.7. The van der Waals surface area contributed by atoms with Crippen LogP contribution in [-0.2, 0) is 10.0 Å². The Morgan fingerprint density at radius 3 is 2.33 bits per heavy atom. The van der Waals surface area contributed by atoms with Gasteiger partial charge in [-0.3, -0.25) is 4.31 Å². The van der Waals surface area contributed by atoms with E-state index in [1.165, 1.54) is 16.4 Å². The molecule has 112 valence electrons. The van der Waals surface area contributed by atoms with E-state index in [9.17, 15) is 8.42 Å². The molecule has 0 aliphatic rings. The first kappa shape index (κ1) is 15.9. The first-order chi connectivity index (χ1) is 9.73. The summed E-state index contributed by atoms with van der Waals surface area (Å²) < 4.78 is 27.3. The summed E-state index contributed by atoms with van der Waals surface area (Å²) in [6.45, 7) is 3.87. The molecule has 21 heavy (non-hydrogen) atoms. The molecule has 2 aromatic rings. The smallest absolute Gasteiger partial charge is 0.264 e. The Labute approximate surface area is 133 Å². The summed E-state index contributed by atoms with van der Waals surface area (Å²) in [5.74, 6) is 0. The van der Waals surface area contributed by atoms with Gasteiger partial charge in [-0.25, -0.2) is 8.42 Å². The van der Waals surface area contributed by atoms with E-state index in [1.54, 1.807) is 13.1 Å². The van der Waals surface area contributed by atoms with E-state index < -0.39 is 10.0 Å². The molecule has 0 heterocycles. The summed E-state index contributed by atoms with van der Waals surface area (Å²) in [4.78, 5) is 0.172. The maximum absolute atomic E-state index is 12.7. The normalized spacial score (nSPS) is 11.4. The van der Waals surface area contributed by atoms with Gasteiger partial charge in [0.25, 0.3) is 10.0 Å². The molecule has 0 aliphatic heterocycles. The van der Waals surface area contributed by atoms with Crippen molar-refractivity contribution in [2.75, 3.05) is 17.1 Å². The Balaban J connectivity index is 2.49. The van der Waals surface area contributed by atoms with E-state index in [4.69, 9.17) is 5.73 Å². The average Bonchev–Trinajstić information content (AvgIpc) is 2.41. The van der Waals surface area contributed by atoms with Gasteiger partial charge in [0.1, 0.15) is 0 Å². The Morgan fingerprint density at radius 1 is 1.10 bits per heavy atom. The van der Waals surface area contributed by atoms with Crippen molar-refractivity contribution >= 4 is 37.3 Å². The third kappa shape index (κ3) is 3.06. The van der Waals surface area contributed by atoms with Crippen LogP contribution in [0.15, 0.2) is 45.8 Å². The minimum absolute atomic E-state index is 0.172. The zero-order valence-corrected chi connectivity index (χ0v) is 14.5. The second-order valence-corrected chi connectivity index (χ2v) is 7.77. The number of sulfonamides is 1. The van der Waals surface area contributed by atoms with Crippen LogP contribution in [0.4, 0.5) is 11.4 Å². The van der Waals surface area contributed by atoms with Gasteiger partial charge < -0.3 is 5.73 Å². The number of aryl methyl sites for hydroxylation is 2. The van der Waals surface area contributed by atoms with Crippen molar-refractivity contribution in [3.05, 3.63) is 52.0 Å². The molecule has 6 heteroatoms. The first-order valence-electron chi connectivity index (χ1n) is 6.34. The largest absolute Gasteiger partial charge is 0.398 e. The predicted molar refractivity (Wildman–Crippen MR) is 90.1 cm³/mol. The van der Waals surface area contributed by atoms with Gasteiger partial charge in [-0.2, -0.15) is 0 Å². The molecule has 2 N–H and O–H groups in total. The van der Waals surface area contributed by atoms with Crippen LogP contribution in [0.25, 0.3) is 0 Å². The Bertz CT molecular complexity index is 788. The standard InChI is InChI=1S/C15H17BrN2O2S/c1-10-4-7-15(11(2)8-10)18(3)21(19,20)12-5-6-13(16)14(17)9-12/h4-9H,17H2,1-3H3. The highest BCUT2D eigenvalue weighted by atomic mass is 79.9. The lowest BCUT2D eigenvalue weighted by atomic mass is 10.1. The monoisotopic (exact) mass is 368 g/mol. The topological polar surface area (TPSA) is 63.4 Å². The minimum atomic E-state index is -3.63. The van der Waals surface area contributed by atoms with Crippen LogP contribution >= 0.6 is 15.9 Å². The van der Waals surface area contributed by atoms with Crippen molar-refractivity contribution < 1.29 is 8.42 Å². The lowest BCUT2D eigenvalue weighted by molar-refractivity contribution is 0.594. The van der Waals surface area contributed by atoms with Crippen molar-refractivity contribution in [3.63, 3.8) is 0 Å². The Hall–Kier alpha value is -1.53. The molecule has 0 amide bonds. The molecule has 0 atom stereocenters. The van der Waals surface area contributed by atoms with Crippen LogP contribution in [0.1, 0.15) is 11.1 Å². The summed E-state index contributed by atoms with van der Waals surface area (Å²) >= 11 is 3.26. The van der Waals surface area contributed by atoms with Crippen LogP contribution in [0.3, 0.4) is 0 Å². The summed E-state index contributed by atoms with van der Waals surface area (Å²) in [6.07, 6.45) is 0. The van der Waals surface area contributed by atoms with Crippen LogP contribution in [0, 0.1) is 13.8 Å². The number of hydrogen-bond donors (Lipinski definition) is 1. The van der Waals surface area contributed by atoms with Crippen LogP contribution < -0.4 is 10.0 Å². The van der Waals surface area contributed by atoms with E-state index in [2.05, 4.69) is 15.9 Å². The van der Waals surface area contributed by atoms with Crippen molar-refractivity contribution in [2.24, 2.45) is 0 Å². The van der Waals surface area contributed by atoms with Gasteiger partial charge in [-0.15, -0.1) is 0 Å². The zero-order valence-electron chi connectivity index (χ0n) is 12.1. The highest BCUT2D eigenvalue weighted by Gasteiger charge is 2.23. The van der Waals surface area contributed by atoms with Crippen molar-refractivity contribution in [1.29, 1.82) is 0 Å². The summed E-state index contributed by atoms with van der Waals surface area (Å²) in [5.41, 5.74) is 8.83. The van der Waals surface area contributed by atoms with Crippen LogP contribution in [0.5, 0.6) is 0 Å². The quantitative estimate of drug-likeness (QED) is 0.843. The average molecular weight is 369 g/mol. The number of nitrogens with zero attached hydrogens (tertiary/aromatic N) is 1. The Kier molecular flexibility index (Phi) is 4.30. The molecule has 2 aromatic carbocycles. The number of benzene rings is 2. The molecular formula is C15H17BrN2O2S. The number of rotatable bonds is 3. The summed E-state index contributed by atoms with van der Waals surface area (Å²) in [5, 5.41) is 0. The number of nitrogens with two attached hydrogens (primary N) is 1. The minimum Gasteiger partial charge on any atom is -0.398 e. The fourth-order valence-electron chi connectivity index (χ4n) is 2.13. The lowest BCUT2D eigenvalue weighted by Gasteiger charge is -2.22. The number of halogens is 1. The molecule has 0 spiro atoms. The van der Waals surface area contributed by atoms with Gasteiger partial charge in [-0.05, 0) is 59.6 Å². The third-order valence-electron chi connectivity index (χ3n) is 3.32. The fourth-order valence-corrected chi connectivity index (χ4v) is 3.67. The highest BCUT2D eigenvalue weighted by Crippen LogP contribution is 2.28. The molecule has 0 bridgehead atoms. The van der Waals surface area contributed by atoms with Gasteiger partial charge in [0, 0.05) is 17.2 Å². The molecule has 0 fully saturated rings. The Morgan fingerprint density at radius 2 is 1.76 bits per heavy atom. The van der Waals surface area contributed by atoms with E-state index in [1.807, 2.05) is 32.0 Å². The predicted octanol–water partition coefficient (Wildman–Crippen LogP) is 3.47. The molecule has 0 saturated carbocycles. The van der Waals surface area contributed by atoms with Gasteiger partial charge >= 0.3 is 0 Å². The van der Waals surface area contributed by atoms with Gasteiger partial charge in [0.15, 0.2) is 0 Å². The molecule has 0 unspecified atom stereocenters. The van der Waals surface area contributed by atoms with Gasteiger partial charge in [-0.1, -0.05) is 17.7 Å². The molecular weight excluding hydrogens is 352 g/mol. The van der Waals surface area contributed by atoms with E-state index in [-0.39, 0.29) is 4.90 Å². The molecule has 2 rings (SSSR count). The van der Waals surface area contributed by atoms with Gasteiger partial charge in [0.2, 0.25) is 0 Å². The molecule has 0 radical (unpaired) electrons. The maximum Gasteiger partial charge on any atom is 0.264 e. The second kappa shape index (κ2) is 5.69. The number of nitrogen functional groups attached to an aromatic ring is 1. The second-order valence-electron chi connectivity index (χ2n) is 4.95. The summed E-state index contributed by atoms with van der Waals surface area (Å²) in [6, 6.07) is 10.3.